The molecule has 0 aliphatic heterocycles. The molecule has 4 saturated carbocycles. The summed E-state index contributed by atoms with van der Waals surface area (Å²) in [5.74, 6) is 4.25. The Labute approximate surface area is 139 Å². The summed E-state index contributed by atoms with van der Waals surface area (Å²) in [5.41, 5.74) is 0.00292. The Morgan fingerprint density at radius 3 is 2.61 bits per heavy atom. The summed E-state index contributed by atoms with van der Waals surface area (Å²) in [6.07, 6.45) is 10.4. The summed E-state index contributed by atoms with van der Waals surface area (Å²) >= 11 is 0. The van der Waals surface area contributed by atoms with Gasteiger partial charge in [-0.1, -0.05) is 6.92 Å². The van der Waals surface area contributed by atoms with Gasteiger partial charge in [-0.25, -0.2) is 0 Å². The van der Waals surface area contributed by atoms with Gasteiger partial charge in [0.05, 0.1) is 0 Å². The molecule has 3 nitrogen and oxygen atoms in total. The lowest BCUT2D eigenvalue weighted by molar-refractivity contribution is -0.152. The summed E-state index contributed by atoms with van der Waals surface area (Å²) in [4.78, 5) is 23.6. The van der Waals surface area contributed by atoms with Crippen molar-refractivity contribution < 1.29 is 14.3 Å². The number of carbonyl (C=O) groups excluding carboxylic acids is 2. The van der Waals surface area contributed by atoms with Crippen LogP contribution >= 0.6 is 0 Å². The monoisotopic (exact) mass is 318 g/mol. The van der Waals surface area contributed by atoms with Crippen molar-refractivity contribution in [3.8, 4) is 0 Å². The molecule has 0 heterocycles. The number of hydrogen-bond donors (Lipinski definition) is 0. The standard InChI is InChI=1S/C20H30O3/c1-12(21)23-14-4-6-15-13(11-14)3-5-17-16(15)9-10-20(2)18(17)7-8-19(20)22/h13-18H,3-11H2,1-2H3/t13-,14+,15+,16-,17-,18+,20+/m1/s1. The van der Waals surface area contributed by atoms with Crippen LogP contribution in [0.25, 0.3) is 0 Å². The molecule has 0 aromatic heterocycles. The van der Waals surface area contributed by atoms with Crippen molar-refractivity contribution in [3.05, 3.63) is 0 Å². The summed E-state index contributed by atoms with van der Waals surface area (Å²) in [6.45, 7) is 3.79. The number of carbonyl (C=O) groups is 2. The van der Waals surface area contributed by atoms with Crippen LogP contribution in [0.4, 0.5) is 0 Å². The number of ketones is 1. The first-order valence-electron chi connectivity index (χ1n) is 9.69. The summed E-state index contributed by atoms with van der Waals surface area (Å²) in [5, 5.41) is 0. The van der Waals surface area contributed by atoms with Gasteiger partial charge in [0, 0.05) is 18.8 Å². The fraction of sp³-hybridized carbons (Fsp3) is 0.900. The molecule has 0 saturated heterocycles. The van der Waals surface area contributed by atoms with Gasteiger partial charge in [0.25, 0.3) is 0 Å². The van der Waals surface area contributed by atoms with Crippen LogP contribution in [0.2, 0.25) is 0 Å². The minimum atomic E-state index is -0.125. The molecule has 0 amide bonds. The number of esters is 1. The second-order valence-corrected chi connectivity index (χ2v) is 8.90. The van der Waals surface area contributed by atoms with E-state index in [9.17, 15) is 9.59 Å². The molecule has 0 unspecified atom stereocenters. The first-order valence-corrected chi connectivity index (χ1v) is 9.69. The summed E-state index contributed by atoms with van der Waals surface area (Å²) in [6, 6.07) is 0. The van der Waals surface area contributed by atoms with Gasteiger partial charge in [-0.3, -0.25) is 9.59 Å². The fourth-order valence-corrected chi connectivity index (χ4v) is 6.92. The lowest BCUT2D eigenvalue weighted by Crippen LogP contribution is -2.49. The molecular formula is C20H30O3. The Morgan fingerprint density at radius 2 is 1.83 bits per heavy atom. The van der Waals surface area contributed by atoms with Crippen molar-refractivity contribution in [2.24, 2.45) is 35.0 Å². The van der Waals surface area contributed by atoms with E-state index in [0.29, 0.717) is 11.7 Å². The van der Waals surface area contributed by atoms with Crippen LogP contribution in [0.15, 0.2) is 0 Å². The van der Waals surface area contributed by atoms with Crippen molar-refractivity contribution in [1.29, 1.82) is 0 Å². The molecule has 0 radical (unpaired) electrons. The second-order valence-electron chi connectivity index (χ2n) is 8.90. The van der Waals surface area contributed by atoms with Crippen molar-refractivity contribution in [2.45, 2.75) is 77.7 Å². The van der Waals surface area contributed by atoms with Crippen LogP contribution in [0.3, 0.4) is 0 Å². The zero-order chi connectivity index (χ0) is 16.2. The predicted octanol–water partition coefficient (Wildman–Crippen LogP) is 4.14. The molecule has 0 aromatic rings. The van der Waals surface area contributed by atoms with Crippen LogP contribution in [0.1, 0.15) is 71.6 Å². The van der Waals surface area contributed by atoms with E-state index in [2.05, 4.69) is 6.92 Å². The van der Waals surface area contributed by atoms with E-state index in [4.69, 9.17) is 4.74 Å². The number of ether oxygens (including phenoxy) is 1. The Kier molecular flexibility index (Phi) is 3.81. The minimum absolute atomic E-state index is 0.00292. The van der Waals surface area contributed by atoms with Gasteiger partial charge in [0.2, 0.25) is 0 Å². The SMILES string of the molecule is CC(=O)O[C@H]1CC[C@H]2[C@H](CC[C@@H]3[C@@H]2CC[C@]2(C)C(=O)CC[C@@H]32)C1. The highest BCUT2D eigenvalue weighted by atomic mass is 16.5. The summed E-state index contributed by atoms with van der Waals surface area (Å²) in [7, 11) is 0. The van der Waals surface area contributed by atoms with Crippen molar-refractivity contribution in [2.75, 3.05) is 0 Å². The first-order chi connectivity index (χ1) is 11.0. The Bertz CT molecular complexity index is 513. The molecule has 4 aliphatic carbocycles. The number of Topliss-reactive ketones (excluding diaryl/α,β-unsaturated/α-hetero) is 1. The smallest absolute Gasteiger partial charge is 0.302 e. The number of hydrogen-bond acceptors (Lipinski definition) is 3. The molecule has 4 aliphatic rings. The average molecular weight is 318 g/mol. The van der Waals surface area contributed by atoms with E-state index in [1.807, 2.05) is 0 Å². The van der Waals surface area contributed by atoms with E-state index in [1.165, 1.54) is 32.6 Å². The normalized spacial score (nSPS) is 49.0. The van der Waals surface area contributed by atoms with Crippen LogP contribution < -0.4 is 0 Å². The van der Waals surface area contributed by atoms with E-state index in [0.717, 1.165) is 55.8 Å². The molecule has 3 heteroatoms. The van der Waals surface area contributed by atoms with Crippen molar-refractivity contribution >= 4 is 11.8 Å². The fourth-order valence-electron chi connectivity index (χ4n) is 6.92. The highest BCUT2D eigenvalue weighted by Crippen LogP contribution is 2.61. The van der Waals surface area contributed by atoms with E-state index >= 15 is 0 Å². The molecule has 0 bridgehead atoms. The van der Waals surface area contributed by atoms with Gasteiger partial charge >= 0.3 is 5.97 Å². The molecule has 7 atom stereocenters. The largest absolute Gasteiger partial charge is 0.463 e. The third-order valence-electron chi connectivity index (χ3n) is 7.95. The second kappa shape index (κ2) is 5.60. The minimum Gasteiger partial charge on any atom is -0.463 e. The number of fused-ring (bicyclic) bond motifs is 5. The van der Waals surface area contributed by atoms with E-state index < -0.39 is 0 Å². The van der Waals surface area contributed by atoms with Crippen LogP contribution in [-0.4, -0.2) is 17.9 Å². The van der Waals surface area contributed by atoms with Gasteiger partial charge in [0.1, 0.15) is 11.9 Å². The van der Waals surface area contributed by atoms with Crippen LogP contribution in [-0.2, 0) is 14.3 Å². The highest BCUT2D eigenvalue weighted by molar-refractivity contribution is 5.87. The van der Waals surface area contributed by atoms with Crippen LogP contribution in [0.5, 0.6) is 0 Å². The maximum absolute atomic E-state index is 12.4. The zero-order valence-electron chi connectivity index (χ0n) is 14.6. The molecule has 0 spiro atoms. The molecule has 128 valence electrons. The van der Waals surface area contributed by atoms with Crippen molar-refractivity contribution in [1.82, 2.24) is 0 Å². The molecule has 23 heavy (non-hydrogen) atoms. The lowest BCUT2D eigenvalue weighted by Gasteiger charge is -2.54. The van der Waals surface area contributed by atoms with Gasteiger partial charge in [-0.05, 0) is 81.0 Å². The average Bonchev–Trinajstić information content (AvgIpc) is 2.82. The topological polar surface area (TPSA) is 43.4 Å². The van der Waals surface area contributed by atoms with E-state index in [-0.39, 0.29) is 17.5 Å². The number of rotatable bonds is 1. The van der Waals surface area contributed by atoms with E-state index in [1.54, 1.807) is 0 Å². The Balaban J connectivity index is 1.48. The highest BCUT2D eigenvalue weighted by Gasteiger charge is 2.56. The molecule has 0 N–H and O–H groups in total. The van der Waals surface area contributed by atoms with Crippen LogP contribution in [0, 0.1) is 35.0 Å². The molecule has 0 aromatic carbocycles. The molecule has 4 rings (SSSR count). The van der Waals surface area contributed by atoms with Gasteiger partial charge in [-0.15, -0.1) is 0 Å². The Morgan fingerprint density at radius 1 is 1.04 bits per heavy atom. The summed E-state index contributed by atoms with van der Waals surface area (Å²) < 4.78 is 5.49. The molecule has 4 fully saturated rings. The third-order valence-corrected chi connectivity index (χ3v) is 7.95. The maximum Gasteiger partial charge on any atom is 0.302 e. The van der Waals surface area contributed by atoms with Gasteiger partial charge in [-0.2, -0.15) is 0 Å². The van der Waals surface area contributed by atoms with Gasteiger partial charge in [0.15, 0.2) is 0 Å². The van der Waals surface area contributed by atoms with Crippen molar-refractivity contribution in [3.63, 3.8) is 0 Å². The Hall–Kier alpha value is -0.860. The third kappa shape index (κ3) is 2.46. The zero-order valence-corrected chi connectivity index (χ0v) is 14.6. The molecular weight excluding hydrogens is 288 g/mol. The van der Waals surface area contributed by atoms with Gasteiger partial charge < -0.3 is 4.74 Å². The lowest BCUT2D eigenvalue weighted by atomic mass is 9.50. The maximum atomic E-state index is 12.4. The predicted molar refractivity (Wildman–Crippen MR) is 87.7 cm³/mol. The first kappa shape index (κ1) is 15.7. The quantitative estimate of drug-likeness (QED) is 0.682.